The van der Waals surface area contributed by atoms with E-state index in [1.807, 2.05) is 24.5 Å². The summed E-state index contributed by atoms with van der Waals surface area (Å²) < 4.78 is 61.3. The molecule has 1 aliphatic carbocycles. The van der Waals surface area contributed by atoms with Gasteiger partial charge in [-0.25, -0.2) is 4.39 Å². The maximum atomic E-state index is 14.5. The minimum Gasteiger partial charge on any atom is -0.493 e. The topological polar surface area (TPSA) is 12.5 Å². The molecule has 0 saturated heterocycles. The number of hydrogen-bond acceptors (Lipinski definition) is 3. The standard InChI is InChI=1S/C34H34ClF4NOS/c1-3-28-31(36)20-27(21-32(28)42-2)41-19-11-18-40(22-26-16-10-17-30(33(26)35)34(37,38)39)23-29(24-12-6-4-7-13-24)25-14-8-5-9-15-25/h3-4,6-8,10,12-17,20-21,29H,1,5,9,11,18-19,22-23H2,2H3. The number of ether oxygens (including phenoxy) is 1. The average molecular weight is 616 g/mol. The highest BCUT2D eigenvalue weighted by Crippen LogP contribution is 2.37. The van der Waals surface area contributed by atoms with Crippen LogP contribution in [-0.2, 0) is 12.7 Å². The molecule has 222 valence electrons. The molecule has 42 heavy (non-hydrogen) atoms. The highest BCUT2D eigenvalue weighted by Gasteiger charge is 2.34. The van der Waals surface area contributed by atoms with Crippen LogP contribution >= 0.6 is 23.4 Å². The van der Waals surface area contributed by atoms with Gasteiger partial charge in [0.05, 0.1) is 17.2 Å². The Morgan fingerprint density at radius 2 is 1.88 bits per heavy atom. The van der Waals surface area contributed by atoms with E-state index in [1.54, 1.807) is 12.1 Å². The molecule has 1 unspecified atom stereocenters. The predicted octanol–water partition coefficient (Wildman–Crippen LogP) is 10.2. The molecule has 2 nitrogen and oxygen atoms in total. The minimum atomic E-state index is -4.54. The monoisotopic (exact) mass is 615 g/mol. The van der Waals surface area contributed by atoms with Gasteiger partial charge in [0.2, 0.25) is 0 Å². The molecule has 0 heterocycles. The molecule has 3 aromatic rings. The maximum absolute atomic E-state index is 14.5. The van der Waals surface area contributed by atoms with Crippen molar-refractivity contribution in [2.75, 3.05) is 26.0 Å². The Balaban J connectivity index is 1.56. The molecule has 1 atom stereocenters. The number of nitrogens with zero attached hydrogens (tertiary/aromatic N) is 1. The summed E-state index contributed by atoms with van der Waals surface area (Å²) in [6, 6.07) is 17.3. The summed E-state index contributed by atoms with van der Waals surface area (Å²) in [5, 5.41) is -0.276. The molecule has 8 heteroatoms. The molecule has 0 amide bonds. The third-order valence-electron chi connectivity index (χ3n) is 7.22. The fraction of sp³-hybridized carbons (Fsp3) is 0.294. The van der Waals surface area contributed by atoms with Gasteiger partial charge >= 0.3 is 6.18 Å². The molecule has 0 radical (unpaired) electrons. The van der Waals surface area contributed by atoms with Crippen molar-refractivity contribution < 1.29 is 22.3 Å². The number of rotatable bonds is 13. The zero-order valence-corrected chi connectivity index (χ0v) is 25.0. The largest absolute Gasteiger partial charge is 0.493 e. The SMILES string of the molecule is C=Cc1c(F)cc(OCCCN(Cc2cccc(C(F)(F)F)c2Cl)CC(C2=CCCC=C2)c2ccccc2)cc1SC. The van der Waals surface area contributed by atoms with Crippen LogP contribution < -0.4 is 4.74 Å². The number of halogens is 5. The Morgan fingerprint density at radius 3 is 2.55 bits per heavy atom. The Labute approximate surface area is 254 Å². The van der Waals surface area contributed by atoms with E-state index in [9.17, 15) is 17.6 Å². The van der Waals surface area contributed by atoms with E-state index in [2.05, 4.69) is 41.8 Å². The van der Waals surface area contributed by atoms with Gasteiger partial charge in [0.1, 0.15) is 11.6 Å². The molecule has 0 fully saturated rings. The lowest BCUT2D eigenvalue weighted by Gasteiger charge is -2.30. The van der Waals surface area contributed by atoms with E-state index in [-0.39, 0.29) is 17.5 Å². The van der Waals surface area contributed by atoms with Crippen molar-refractivity contribution in [2.45, 2.75) is 42.8 Å². The summed E-state index contributed by atoms with van der Waals surface area (Å²) >= 11 is 7.72. The van der Waals surface area contributed by atoms with E-state index in [0.717, 1.165) is 29.4 Å². The quantitative estimate of drug-likeness (QED) is 0.108. The van der Waals surface area contributed by atoms with Gasteiger partial charge in [-0.1, -0.05) is 84.9 Å². The van der Waals surface area contributed by atoms with Crippen molar-refractivity contribution in [1.29, 1.82) is 0 Å². The van der Waals surface area contributed by atoms with Gasteiger partial charge in [-0.15, -0.1) is 11.8 Å². The van der Waals surface area contributed by atoms with Crippen LogP contribution in [0.15, 0.2) is 95.9 Å². The first-order valence-corrected chi connectivity index (χ1v) is 15.4. The number of allylic oxidation sites excluding steroid dienone is 3. The number of benzene rings is 3. The second-order valence-electron chi connectivity index (χ2n) is 10.1. The maximum Gasteiger partial charge on any atom is 0.417 e. The lowest BCUT2D eigenvalue weighted by Crippen LogP contribution is -2.31. The van der Waals surface area contributed by atoms with Crippen molar-refractivity contribution in [3.05, 3.63) is 124 Å². The first-order chi connectivity index (χ1) is 20.2. The average Bonchev–Trinajstić information content (AvgIpc) is 2.98. The fourth-order valence-electron chi connectivity index (χ4n) is 5.13. The summed E-state index contributed by atoms with van der Waals surface area (Å²) in [7, 11) is 0. The van der Waals surface area contributed by atoms with Crippen LogP contribution in [0.1, 0.15) is 47.4 Å². The fourth-order valence-corrected chi connectivity index (χ4v) is 6.06. The summed E-state index contributed by atoms with van der Waals surface area (Å²) in [5.41, 5.74) is 2.34. The van der Waals surface area contributed by atoms with Crippen LogP contribution in [0.3, 0.4) is 0 Å². The molecular weight excluding hydrogens is 582 g/mol. The van der Waals surface area contributed by atoms with Gasteiger partial charge in [-0.3, -0.25) is 4.90 Å². The van der Waals surface area contributed by atoms with Crippen molar-refractivity contribution in [3.8, 4) is 5.75 Å². The van der Waals surface area contributed by atoms with Crippen molar-refractivity contribution >= 4 is 29.4 Å². The van der Waals surface area contributed by atoms with Crippen LogP contribution in [0.2, 0.25) is 5.02 Å². The summed E-state index contributed by atoms with van der Waals surface area (Å²) in [5.74, 6) is 0.0553. The number of hydrogen-bond donors (Lipinski definition) is 0. The highest BCUT2D eigenvalue weighted by molar-refractivity contribution is 7.98. The van der Waals surface area contributed by atoms with Crippen molar-refractivity contribution in [1.82, 2.24) is 4.90 Å². The van der Waals surface area contributed by atoms with Gasteiger partial charge in [0, 0.05) is 42.1 Å². The van der Waals surface area contributed by atoms with Crippen molar-refractivity contribution in [3.63, 3.8) is 0 Å². The van der Waals surface area contributed by atoms with Crippen LogP contribution in [0.4, 0.5) is 17.6 Å². The third kappa shape index (κ3) is 8.30. The summed E-state index contributed by atoms with van der Waals surface area (Å²) in [4.78, 5) is 2.86. The predicted molar refractivity (Wildman–Crippen MR) is 166 cm³/mol. The molecule has 4 rings (SSSR count). The molecular formula is C34H34ClF4NOS. The van der Waals surface area contributed by atoms with Gasteiger partial charge in [-0.2, -0.15) is 13.2 Å². The number of thioether (sulfide) groups is 1. The summed E-state index contributed by atoms with van der Waals surface area (Å²) in [6.45, 7) is 5.35. The normalized spacial score (nSPS) is 14.1. The molecule has 0 aliphatic heterocycles. The second-order valence-corrected chi connectivity index (χ2v) is 11.3. The zero-order chi connectivity index (χ0) is 30.1. The lowest BCUT2D eigenvalue weighted by atomic mass is 9.87. The van der Waals surface area contributed by atoms with Crippen LogP contribution in [0.5, 0.6) is 5.75 Å². The smallest absolute Gasteiger partial charge is 0.417 e. The van der Waals surface area contributed by atoms with Gasteiger partial charge in [0.25, 0.3) is 0 Å². The minimum absolute atomic E-state index is 0.0259. The molecule has 0 bridgehead atoms. The van der Waals surface area contributed by atoms with Crippen LogP contribution in [0, 0.1) is 5.82 Å². The summed E-state index contributed by atoms with van der Waals surface area (Å²) in [6.07, 6.45) is 7.86. The Morgan fingerprint density at radius 1 is 1.10 bits per heavy atom. The molecule has 0 aromatic heterocycles. The van der Waals surface area contributed by atoms with Gasteiger partial charge < -0.3 is 4.74 Å². The zero-order valence-electron chi connectivity index (χ0n) is 23.5. The Hall–Kier alpha value is -3.00. The molecule has 0 N–H and O–H groups in total. The van der Waals surface area contributed by atoms with E-state index in [1.165, 1.54) is 35.5 Å². The Kier molecular flexibility index (Phi) is 11.4. The van der Waals surface area contributed by atoms with E-state index in [0.29, 0.717) is 43.0 Å². The van der Waals surface area contributed by atoms with Gasteiger partial charge in [-0.05, 0) is 54.4 Å². The lowest BCUT2D eigenvalue weighted by molar-refractivity contribution is -0.137. The van der Waals surface area contributed by atoms with E-state index >= 15 is 0 Å². The van der Waals surface area contributed by atoms with Crippen molar-refractivity contribution in [2.24, 2.45) is 0 Å². The Bertz CT molecular complexity index is 1420. The highest BCUT2D eigenvalue weighted by atomic mass is 35.5. The van der Waals surface area contributed by atoms with E-state index < -0.39 is 17.6 Å². The first-order valence-electron chi connectivity index (χ1n) is 13.8. The van der Waals surface area contributed by atoms with Crippen LogP contribution in [0.25, 0.3) is 6.08 Å². The second kappa shape index (κ2) is 14.9. The first kappa shape index (κ1) is 31.9. The molecule has 1 aliphatic rings. The molecule has 0 spiro atoms. The third-order valence-corrected chi connectivity index (χ3v) is 8.45. The van der Waals surface area contributed by atoms with E-state index in [4.69, 9.17) is 16.3 Å². The number of alkyl halides is 3. The van der Waals surface area contributed by atoms with Crippen LogP contribution in [-0.4, -0.2) is 30.9 Å². The molecule has 3 aromatic carbocycles. The van der Waals surface area contributed by atoms with Gasteiger partial charge in [0.15, 0.2) is 0 Å². The molecule has 0 saturated carbocycles.